The number of halogens is 2. The van der Waals surface area contributed by atoms with Crippen LogP contribution in [0.15, 0.2) is 30.3 Å². The first-order chi connectivity index (χ1) is 10.9. The number of benzene rings is 1. The van der Waals surface area contributed by atoms with E-state index >= 15 is 0 Å². The Hall–Kier alpha value is -2.52. The van der Waals surface area contributed by atoms with Crippen molar-refractivity contribution in [1.29, 1.82) is 5.26 Å². The molecule has 4 nitrogen and oxygen atoms in total. The van der Waals surface area contributed by atoms with E-state index in [-0.39, 0.29) is 12.1 Å². The summed E-state index contributed by atoms with van der Waals surface area (Å²) in [7, 11) is 3.50. The van der Waals surface area contributed by atoms with Crippen LogP contribution in [-0.4, -0.2) is 30.5 Å². The third-order valence-corrected chi connectivity index (χ3v) is 3.64. The zero-order valence-corrected chi connectivity index (χ0v) is 13.3. The molecule has 0 amide bonds. The largest absolute Gasteiger partial charge is 0.368 e. The number of aromatic nitrogens is 1. The summed E-state index contributed by atoms with van der Waals surface area (Å²) in [5.74, 6) is -0.670. The predicted octanol–water partition coefficient (Wildman–Crippen LogP) is 3.25. The number of rotatable bonds is 5. The van der Waals surface area contributed by atoms with Gasteiger partial charge in [0.1, 0.15) is 29.2 Å². The van der Waals surface area contributed by atoms with Gasteiger partial charge >= 0.3 is 0 Å². The highest BCUT2D eigenvalue weighted by Crippen LogP contribution is 2.25. The average molecular weight is 316 g/mol. The van der Waals surface area contributed by atoms with Gasteiger partial charge in [0.15, 0.2) is 0 Å². The summed E-state index contributed by atoms with van der Waals surface area (Å²) in [6, 6.07) is 8.85. The Morgan fingerprint density at radius 2 is 1.87 bits per heavy atom. The van der Waals surface area contributed by atoms with Gasteiger partial charge in [-0.25, -0.2) is 13.8 Å². The van der Waals surface area contributed by atoms with Crippen LogP contribution in [0.3, 0.4) is 0 Å². The van der Waals surface area contributed by atoms with Crippen molar-refractivity contribution in [3.8, 4) is 6.07 Å². The molecule has 2 rings (SSSR count). The molecule has 0 bridgehead atoms. The van der Waals surface area contributed by atoms with Crippen LogP contribution in [0.1, 0.15) is 22.9 Å². The first kappa shape index (κ1) is 16.8. The number of nitriles is 1. The zero-order valence-electron chi connectivity index (χ0n) is 13.3. The Kier molecular flexibility index (Phi) is 5.24. The van der Waals surface area contributed by atoms with Crippen molar-refractivity contribution in [2.75, 3.05) is 26.0 Å². The molecule has 2 aromatic rings. The summed E-state index contributed by atoms with van der Waals surface area (Å²) in [5, 5.41) is 12.1. The second-order valence-electron chi connectivity index (χ2n) is 5.47. The van der Waals surface area contributed by atoms with E-state index in [4.69, 9.17) is 5.26 Å². The SMILES string of the molecule is Cc1ccc(NCC(c2c(F)cccc2F)N(C)C)nc1C#N. The normalized spacial score (nSPS) is 12.0. The van der Waals surface area contributed by atoms with Gasteiger partial charge in [0.05, 0.1) is 6.04 Å². The molecular weight excluding hydrogens is 298 g/mol. The summed E-state index contributed by atoms with van der Waals surface area (Å²) in [4.78, 5) is 5.91. The number of anilines is 1. The number of hydrogen-bond acceptors (Lipinski definition) is 4. The topological polar surface area (TPSA) is 52.0 Å². The minimum atomic E-state index is -0.583. The molecule has 0 aliphatic rings. The quantitative estimate of drug-likeness (QED) is 0.920. The first-order valence-corrected chi connectivity index (χ1v) is 7.16. The Morgan fingerprint density at radius 3 is 2.43 bits per heavy atom. The summed E-state index contributed by atoms with van der Waals surface area (Å²) < 4.78 is 28.0. The zero-order chi connectivity index (χ0) is 17.0. The molecule has 0 fully saturated rings. The maximum atomic E-state index is 14.0. The number of pyridine rings is 1. The van der Waals surface area contributed by atoms with Crippen LogP contribution >= 0.6 is 0 Å². The first-order valence-electron chi connectivity index (χ1n) is 7.16. The molecular formula is C17H18F2N4. The maximum absolute atomic E-state index is 14.0. The average Bonchev–Trinajstić information content (AvgIpc) is 2.51. The highest BCUT2D eigenvalue weighted by Gasteiger charge is 2.22. The van der Waals surface area contributed by atoms with Crippen molar-refractivity contribution in [3.05, 3.63) is 58.8 Å². The highest BCUT2D eigenvalue weighted by molar-refractivity contribution is 5.43. The lowest BCUT2D eigenvalue weighted by Crippen LogP contribution is -2.28. The number of likely N-dealkylation sites (N-methyl/N-ethyl adjacent to an activating group) is 1. The minimum Gasteiger partial charge on any atom is -0.368 e. The smallest absolute Gasteiger partial charge is 0.145 e. The third-order valence-electron chi connectivity index (χ3n) is 3.64. The van der Waals surface area contributed by atoms with Crippen molar-refractivity contribution in [3.63, 3.8) is 0 Å². The standard InChI is InChI=1S/C17H18F2N4/c1-11-7-8-16(22-14(11)9-20)21-10-15(23(2)3)17-12(18)5-4-6-13(17)19/h4-8,15H,10H2,1-3H3,(H,21,22). The van der Waals surface area contributed by atoms with Gasteiger partial charge in [0, 0.05) is 12.1 Å². The van der Waals surface area contributed by atoms with E-state index in [0.29, 0.717) is 11.5 Å². The Labute approximate surface area is 134 Å². The van der Waals surface area contributed by atoms with E-state index in [0.717, 1.165) is 5.56 Å². The van der Waals surface area contributed by atoms with Crippen LogP contribution in [-0.2, 0) is 0 Å². The van der Waals surface area contributed by atoms with E-state index in [1.165, 1.54) is 18.2 Å². The summed E-state index contributed by atoms with van der Waals surface area (Å²) in [5.41, 5.74) is 1.12. The van der Waals surface area contributed by atoms with Gasteiger partial charge in [-0.2, -0.15) is 5.26 Å². The van der Waals surface area contributed by atoms with Gasteiger partial charge < -0.3 is 10.2 Å². The van der Waals surface area contributed by atoms with Crippen LogP contribution in [0, 0.1) is 29.9 Å². The minimum absolute atomic E-state index is 0.0117. The molecule has 1 atom stereocenters. The van der Waals surface area contributed by atoms with Gasteiger partial charge in [-0.1, -0.05) is 12.1 Å². The lowest BCUT2D eigenvalue weighted by molar-refractivity contribution is 0.295. The predicted molar refractivity (Wildman–Crippen MR) is 85.0 cm³/mol. The number of aryl methyl sites for hydroxylation is 1. The van der Waals surface area contributed by atoms with E-state index in [1.54, 1.807) is 38.1 Å². The lowest BCUT2D eigenvalue weighted by atomic mass is 10.0. The Morgan fingerprint density at radius 1 is 1.22 bits per heavy atom. The fourth-order valence-corrected chi connectivity index (χ4v) is 2.31. The molecule has 0 aliphatic carbocycles. The number of nitrogens with zero attached hydrogens (tertiary/aromatic N) is 3. The van der Waals surface area contributed by atoms with Crippen LogP contribution in [0.25, 0.3) is 0 Å². The second-order valence-corrected chi connectivity index (χ2v) is 5.47. The molecule has 120 valence electrons. The molecule has 1 unspecified atom stereocenters. The van der Waals surface area contributed by atoms with Crippen LogP contribution < -0.4 is 5.32 Å². The van der Waals surface area contributed by atoms with Crippen molar-refractivity contribution in [2.24, 2.45) is 0 Å². The highest BCUT2D eigenvalue weighted by atomic mass is 19.1. The molecule has 0 spiro atoms. The molecule has 0 aliphatic heterocycles. The van der Waals surface area contributed by atoms with Crippen LogP contribution in [0.5, 0.6) is 0 Å². The monoisotopic (exact) mass is 316 g/mol. The van der Waals surface area contributed by atoms with Crippen molar-refractivity contribution in [2.45, 2.75) is 13.0 Å². The molecule has 0 saturated heterocycles. The molecule has 1 aromatic carbocycles. The van der Waals surface area contributed by atoms with Gasteiger partial charge in [0.25, 0.3) is 0 Å². The Balaban J connectivity index is 2.23. The molecule has 1 aromatic heterocycles. The van der Waals surface area contributed by atoms with E-state index < -0.39 is 17.7 Å². The van der Waals surface area contributed by atoms with Crippen molar-refractivity contribution in [1.82, 2.24) is 9.88 Å². The van der Waals surface area contributed by atoms with Gasteiger partial charge in [-0.05, 0) is 44.8 Å². The number of hydrogen-bond donors (Lipinski definition) is 1. The summed E-state index contributed by atoms with van der Waals surface area (Å²) >= 11 is 0. The molecule has 6 heteroatoms. The fraction of sp³-hybridized carbons (Fsp3) is 0.294. The van der Waals surface area contributed by atoms with E-state index in [2.05, 4.69) is 10.3 Å². The van der Waals surface area contributed by atoms with Crippen molar-refractivity contribution < 1.29 is 8.78 Å². The van der Waals surface area contributed by atoms with E-state index in [9.17, 15) is 8.78 Å². The molecule has 0 radical (unpaired) electrons. The van der Waals surface area contributed by atoms with Crippen LogP contribution in [0.2, 0.25) is 0 Å². The van der Waals surface area contributed by atoms with Gasteiger partial charge in [-0.3, -0.25) is 0 Å². The summed E-state index contributed by atoms with van der Waals surface area (Å²) in [6.07, 6.45) is 0. The lowest BCUT2D eigenvalue weighted by Gasteiger charge is -2.26. The van der Waals surface area contributed by atoms with Crippen LogP contribution in [0.4, 0.5) is 14.6 Å². The van der Waals surface area contributed by atoms with Gasteiger partial charge in [-0.15, -0.1) is 0 Å². The molecule has 0 saturated carbocycles. The summed E-state index contributed by atoms with van der Waals surface area (Å²) in [6.45, 7) is 2.05. The van der Waals surface area contributed by atoms with Gasteiger partial charge in [0.2, 0.25) is 0 Å². The molecule has 1 N–H and O–H groups in total. The fourth-order valence-electron chi connectivity index (χ4n) is 2.31. The number of nitrogens with one attached hydrogen (secondary N) is 1. The van der Waals surface area contributed by atoms with Crippen molar-refractivity contribution >= 4 is 5.82 Å². The molecule has 1 heterocycles. The third kappa shape index (κ3) is 3.82. The molecule has 23 heavy (non-hydrogen) atoms. The Bertz CT molecular complexity index is 718. The second kappa shape index (κ2) is 7.16. The van der Waals surface area contributed by atoms with E-state index in [1.807, 2.05) is 6.07 Å². The maximum Gasteiger partial charge on any atom is 0.145 e.